The number of ether oxygens (including phenoxy) is 2. The standard InChI is InChI=1S/C24H27BFN5O3/c1-16-10-23(32)30(20-11-17(26)13-28-24(16)20)7-6-29-4-2-19(3-5-29)31(25)15-18-12-21-22(14-27-18)34-9-8-33-21/h10-14,19H,2-9,15H2,1H3. The molecular formula is C24H27BFN5O3. The maximum Gasteiger partial charge on any atom is 0.251 e. The molecule has 0 spiro atoms. The van der Waals surface area contributed by atoms with Crippen LogP contribution in [0, 0.1) is 12.7 Å². The molecule has 176 valence electrons. The summed E-state index contributed by atoms with van der Waals surface area (Å²) < 4.78 is 26.6. The van der Waals surface area contributed by atoms with Gasteiger partial charge in [-0.3, -0.25) is 14.8 Å². The van der Waals surface area contributed by atoms with Gasteiger partial charge in [0.25, 0.3) is 5.56 Å². The third-order valence-electron chi connectivity index (χ3n) is 6.60. The molecule has 0 N–H and O–H groups in total. The summed E-state index contributed by atoms with van der Waals surface area (Å²) >= 11 is 0. The summed E-state index contributed by atoms with van der Waals surface area (Å²) in [7, 11) is 6.39. The zero-order valence-electron chi connectivity index (χ0n) is 19.2. The Morgan fingerprint density at radius 2 is 1.85 bits per heavy atom. The molecular weight excluding hydrogens is 436 g/mol. The maximum atomic E-state index is 13.8. The van der Waals surface area contributed by atoms with Gasteiger partial charge < -0.3 is 23.8 Å². The van der Waals surface area contributed by atoms with Crippen LogP contribution < -0.4 is 15.0 Å². The molecule has 0 atom stereocenters. The molecule has 0 saturated carbocycles. The van der Waals surface area contributed by atoms with Crippen LogP contribution in [-0.4, -0.2) is 71.1 Å². The first-order valence-corrected chi connectivity index (χ1v) is 11.6. The van der Waals surface area contributed by atoms with E-state index in [2.05, 4.69) is 14.9 Å². The van der Waals surface area contributed by atoms with E-state index in [0.717, 1.165) is 37.2 Å². The second kappa shape index (κ2) is 9.72. The summed E-state index contributed by atoms with van der Waals surface area (Å²) in [6.45, 7) is 6.37. The Kier molecular flexibility index (Phi) is 6.51. The molecule has 2 radical (unpaired) electrons. The Hall–Kier alpha value is -2.98. The number of aromatic nitrogens is 3. The van der Waals surface area contributed by atoms with Crippen molar-refractivity contribution in [3.05, 3.63) is 58.0 Å². The van der Waals surface area contributed by atoms with Crippen LogP contribution in [0.4, 0.5) is 4.39 Å². The van der Waals surface area contributed by atoms with Crippen LogP contribution in [0.3, 0.4) is 0 Å². The van der Waals surface area contributed by atoms with Crippen molar-refractivity contribution in [3.63, 3.8) is 0 Å². The highest BCUT2D eigenvalue weighted by atomic mass is 19.1. The van der Waals surface area contributed by atoms with Crippen molar-refractivity contribution in [2.75, 3.05) is 32.8 Å². The molecule has 2 aliphatic heterocycles. The van der Waals surface area contributed by atoms with Gasteiger partial charge in [-0.05, 0) is 38.4 Å². The lowest BCUT2D eigenvalue weighted by Gasteiger charge is -2.37. The van der Waals surface area contributed by atoms with Gasteiger partial charge in [-0.15, -0.1) is 0 Å². The van der Waals surface area contributed by atoms with Gasteiger partial charge in [-0.2, -0.15) is 0 Å². The SMILES string of the molecule is [B]N(Cc1cc2c(cn1)OCCO2)C1CCN(CCn2c(=O)cc(C)c3ncc(F)cc32)CC1. The topological polar surface area (TPSA) is 72.7 Å². The first kappa shape index (κ1) is 22.8. The summed E-state index contributed by atoms with van der Waals surface area (Å²) in [5, 5.41) is 0. The predicted molar refractivity (Wildman–Crippen MR) is 127 cm³/mol. The third kappa shape index (κ3) is 4.78. The molecule has 8 nitrogen and oxygen atoms in total. The minimum Gasteiger partial charge on any atom is -0.486 e. The fourth-order valence-electron chi connectivity index (χ4n) is 4.73. The van der Waals surface area contributed by atoms with E-state index in [1.807, 2.05) is 17.8 Å². The highest BCUT2D eigenvalue weighted by Gasteiger charge is 2.23. The Morgan fingerprint density at radius 1 is 1.09 bits per heavy atom. The first-order chi connectivity index (χ1) is 16.5. The Balaban J connectivity index is 1.17. The quantitative estimate of drug-likeness (QED) is 0.519. The van der Waals surface area contributed by atoms with Crippen molar-refractivity contribution in [1.82, 2.24) is 24.2 Å². The number of hydrogen-bond donors (Lipinski definition) is 0. The third-order valence-corrected chi connectivity index (χ3v) is 6.60. The molecule has 0 aromatic carbocycles. The van der Waals surface area contributed by atoms with E-state index in [0.29, 0.717) is 55.4 Å². The summed E-state index contributed by atoms with van der Waals surface area (Å²) in [6, 6.07) is 5.09. The van der Waals surface area contributed by atoms with Gasteiger partial charge in [0.1, 0.15) is 19.0 Å². The second-order valence-electron chi connectivity index (χ2n) is 8.90. The number of piperidine rings is 1. The van der Waals surface area contributed by atoms with Crippen molar-refractivity contribution in [2.45, 2.75) is 38.9 Å². The van der Waals surface area contributed by atoms with Gasteiger partial charge in [-0.1, -0.05) is 0 Å². The number of likely N-dealkylation sites (tertiary alicyclic amines) is 1. The van der Waals surface area contributed by atoms with E-state index in [1.54, 1.807) is 16.8 Å². The lowest BCUT2D eigenvalue weighted by Crippen LogP contribution is -2.44. The number of nitrogens with zero attached hydrogens (tertiary/aromatic N) is 5. The van der Waals surface area contributed by atoms with Gasteiger partial charge in [0, 0.05) is 43.9 Å². The van der Waals surface area contributed by atoms with E-state index < -0.39 is 5.82 Å². The van der Waals surface area contributed by atoms with Crippen LogP contribution >= 0.6 is 0 Å². The molecule has 5 heterocycles. The molecule has 0 bridgehead atoms. The molecule has 10 heteroatoms. The zero-order chi connectivity index (χ0) is 23.7. The fourth-order valence-corrected chi connectivity index (χ4v) is 4.73. The van der Waals surface area contributed by atoms with Crippen molar-refractivity contribution >= 4 is 19.0 Å². The van der Waals surface area contributed by atoms with Crippen molar-refractivity contribution in [3.8, 4) is 11.5 Å². The summed E-state index contributed by atoms with van der Waals surface area (Å²) in [5.74, 6) is 0.946. The molecule has 3 aromatic rings. The maximum absolute atomic E-state index is 13.8. The molecule has 34 heavy (non-hydrogen) atoms. The minimum absolute atomic E-state index is 0.132. The molecule has 2 aliphatic rings. The Morgan fingerprint density at radius 3 is 2.65 bits per heavy atom. The van der Waals surface area contributed by atoms with E-state index >= 15 is 0 Å². The molecule has 0 amide bonds. The van der Waals surface area contributed by atoms with Crippen LogP contribution in [-0.2, 0) is 13.1 Å². The normalized spacial score (nSPS) is 16.9. The molecule has 0 aliphatic carbocycles. The monoisotopic (exact) mass is 463 g/mol. The second-order valence-corrected chi connectivity index (χ2v) is 8.90. The van der Waals surface area contributed by atoms with E-state index in [1.165, 1.54) is 12.3 Å². The minimum atomic E-state index is -0.442. The number of fused-ring (bicyclic) bond motifs is 2. The van der Waals surface area contributed by atoms with Crippen LogP contribution in [0.5, 0.6) is 11.5 Å². The van der Waals surface area contributed by atoms with Crippen molar-refractivity contribution < 1.29 is 13.9 Å². The van der Waals surface area contributed by atoms with Gasteiger partial charge in [-0.25, -0.2) is 4.39 Å². The van der Waals surface area contributed by atoms with Crippen LogP contribution in [0.2, 0.25) is 0 Å². The number of aryl methyl sites for hydroxylation is 1. The largest absolute Gasteiger partial charge is 0.486 e. The summed E-state index contributed by atoms with van der Waals surface area (Å²) in [4.78, 5) is 25.4. The van der Waals surface area contributed by atoms with Gasteiger partial charge in [0.15, 0.2) is 19.5 Å². The highest BCUT2D eigenvalue weighted by molar-refractivity contribution is 6.04. The lowest BCUT2D eigenvalue weighted by atomic mass is 9.99. The van der Waals surface area contributed by atoms with Crippen molar-refractivity contribution in [2.24, 2.45) is 0 Å². The molecule has 5 rings (SSSR count). The van der Waals surface area contributed by atoms with Gasteiger partial charge >= 0.3 is 0 Å². The molecule has 1 fully saturated rings. The lowest BCUT2D eigenvalue weighted by molar-refractivity contribution is 0.153. The Bertz CT molecular complexity index is 1250. The number of rotatable bonds is 6. The smallest absolute Gasteiger partial charge is 0.251 e. The van der Waals surface area contributed by atoms with Gasteiger partial charge in [0.2, 0.25) is 0 Å². The Labute approximate surface area is 198 Å². The van der Waals surface area contributed by atoms with Gasteiger partial charge in [0.05, 0.1) is 29.1 Å². The fraction of sp³-hybridized carbons (Fsp3) is 0.458. The first-order valence-electron chi connectivity index (χ1n) is 11.6. The number of hydrogen-bond acceptors (Lipinski definition) is 7. The number of pyridine rings is 3. The molecule has 3 aromatic heterocycles. The van der Waals surface area contributed by atoms with E-state index in [-0.39, 0.29) is 11.6 Å². The zero-order valence-corrected chi connectivity index (χ0v) is 19.2. The average molecular weight is 463 g/mol. The number of halogens is 1. The molecule has 1 saturated heterocycles. The van der Waals surface area contributed by atoms with E-state index in [9.17, 15) is 9.18 Å². The van der Waals surface area contributed by atoms with Crippen LogP contribution in [0.25, 0.3) is 11.0 Å². The summed E-state index contributed by atoms with van der Waals surface area (Å²) in [6.07, 6.45) is 4.72. The van der Waals surface area contributed by atoms with Crippen LogP contribution in [0.15, 0.2) is 35.4 Å². The average Bonchev–Trinajstić information content (AvgIpc) is 2.84. The van der Waals surface area contributed by atoms with Crippen LogP contribution in [0.1, 0.15) is 24.1 Å². The van der Waals surface area contributed by atoms with Crippen molar-refractivity contribution in [1.29, 1.82) is 0 Å². The highest BCUT2D eigenvalue weighted by Crippen LogP contribution is 2.30. The summed E-state index contributed by atoms with van der Waals surface area (Å²) in [5.41, 5.74) is 2.67. The van der Waals surface area contributed by atoms with E-state index in [4.69, 9.17) is 17.5 Å². The molecule has 0 unspecified atom stereocenters. The predicted octanol–water partition coefficient (Wildman–Crippen LogP) is 2.06.